The van der Waals surface area contributed by atoms with Gasteiger partial charge in [0.05, 0.1) is 30.4 Å². The van der Waals surface area contributed by atoms with Gasteiger partial charge in [0.25, 0.3) is 5.91 Å². The molecule has 1 saturated carbocycles. The van der Waals surface area contributed by atoms with Crippen LogP contribution in [0.5, 0.6) is 5.75 Å². The van der Waals surface area contributed by atoms with Crippen LogP contribution in [-0.4, -0.2) is 116 Å². The van der Waals surface area contributed by atoms with E-state index in [9.17, 15) is 19.5 Å². The molecule has 4 atom stereocenters. The number of benzene rings is 1. The molecule has 11 nitrogen and oxygen atoms in total. The summed E-state index contributed by atoms with van der Waals surface area (Å²) in [5.74, 6) is -0.0997. The molecule has 11 heteroatoms. The highest BCUT2D eigenvalue weighted by atomic mass is 16.5. The summed E-state index contributed by atoms with van der Waals surface area (Å²) in [5.41, 5.74) is 0.861. The molecule has 3 N–H and O–H groups in total. The Morgan fingerprint density at radius 3 is 2.48 bits per heavy atom. The molecule has 260 valence electrons. The number of nitrogens with zero attached hydrogens (tertiary/aromatic N) is 3. The molecule has 0 unspecified atom stereocenters. The minimum atomic E-state index is -0.481. The fraction of sp³-hybridized carbons (Fsp3) is 0.743. The van der Waals surface area contributed by atoms with Gasteiger partial charge >= 0.3 is 6.03 Å². The molecule has 2 aliphatic rings. The number of amides is 4. The van der Waals surface area contributed by atoms with Crippen LogP contribution < -0.4 is 15.4 Å². The van der Waals surface area contributed by atoms with Crippen molar-refractivity contribution in [3.05, 3.63) is 23.8 Å². The number of urea groups is 1. The molecular formula is C35H59N5O6. The number of carbonyl (C=O) groups is 3. The SMILES string of the molecule is C[C@H](CO)N1C[C@H](C)[C@H](CN(C)C(=O)NC2CCCCC2)OCCCC[C@H](C)Oc2ccc(NC(=O)CCCN(C)C)cc2C1=O. The van der Waals surface area contributed by atoms with E-state index < -0.39 is 6.04 Å². The van der Waals surface area contributed by atoms with Gasteiger partial charge in [-0.05, 0) is 91.2 Å². The van der Waals surface area contributed by atoms with E-state index in [-0.39, 0.29) is 48.6 Å². The molecule has 0 radical (unpaired) electrons. The van der Waals surface area contributed by atoms with Gasteiger partial charge in [0.1, 0.15) is 5.75 Å². The third kappa shape index (κ3) is 12.0. The largest absolute Gasteiger partial charge is 0.490 e. The molecule has 4 amide bonds. The summed E-state index contributed by atoms with van der Waals surface area (Å²) in [4.78, 5) is 45.5. The van der Waals surface area contributed by atoms with Gasteiger partial charge in [-0.15, -0.1) is 0 Å². The highest BCUT2D eigenvalue weighted by Crippen LogP contribution is 2.29. The van der Waals surface area contributed by atoms with Crippen molar-refractivity contribution in [2.24, 2.45) is 5.92 Å². The average molecular weight is 646 g/mol. The van der Waals surface area contributed by atoms with Gasteiger partial charge < -0.3 is 39.9 Å². The number of nitrogens with one attached hydrogen (secondary N) is 2. The van der Waals surface area contributed by atoms with Crippen molar-refractivity contribution < 1.29 is 29.0 Å². The minimum absolute atomic E-state index is 0.102. The van der Waals surface area contributed by atoms with E-state index >= 15 is 0 Å². The topological polar surface area (TPSA) is 124 Å². The maximum Gasteiger partial charge on any atom is 0.317 e. The predicted octanol–water partition coefficient (Wildman–Crippen LogP) is 4.74. The van der Waals surface area contributed by atoms with Crippen molar-refractivity contribution >= 4 is 23.5 Å². The first-order valence-corrected chi connectivity index (χ1v) is 17.3. The zero-order valence-electron chi connectivity index (χ0n) is 29.1. The van der Waals surface area contributed by atoms with Crippen LogP contribution in [0.4, 0.5) is 10.5 Å². The van der Waals surface area contributed by atoms with Crippen molar-refractivity contribution in [2.75, 3.05) is 59.3 Å². The predicted molar refractivity (Wildman–Crippen MR) is 181 cm³/mol. The summed E-state index contributed by atoms with van der Waals surface area (Å²) < 4.78 is 12.7. The molecule has 1 heterocycles. The summed E-state index contributed by atoms with van der Waals surface area (Å²) in [6, 6.07) is 4.83. The van der Waals surface area contributed by atoms with Gasteiger partial charge in [-0.1, -0.05) is 26.2 Å². The lowest BCUT2D eigenvalue weighted by Gasteiger charge is -2.36. The number of likely N-dealkylation sites (N-methyl/N-ethyl adjacent to an activating group) is 1. The van der Waals surface area contributed by atoms with Crippen molar-refractivity contribution in [1.29, 1.82) is 0 Å². The Hall–Kier alpha value is -2.89. The minimum Gasteiger partial charge on any atom is -0.490 e. The molecule has 0 spiro atoms. The van der Waals surface area contributed by atoms with Gasteiger partial charge in [0, 0.05) is 50.8 Å². The van der Waals surface area contributed by atoms with Gasteiger partial charge in [-0.2, -0.15) is 0 Å². The van der Waals surface area contributed by atoms with E-state index in [1.165, 1.54) is 6.42 Å². The average Bonchev–Trinajstić information content (AvgIpc) is 3.02. The third-order valence-electron chi connectivity index (χ3n) is 9.08. The molecular weight excluding hydrogens is 586 g/mol. The quantitative estimate of drug-likeness (QED) is 0.336. The van der Waals surface area contributed by atoms with Crippen LogP contribution >= 0.6 is 0 Å². The van der Waals surface area contributed by atoms with Crippen molar-refractivity contribution in [2.45, 2.75) is 109 Å². The Morgan fingerprint density at radius 1 is 1.07 bits per heavy atom. The third-order valence-corrected chi connectivity index (χ3v) is 9.08. The molecule has 0 aromatic heterocycles. The molecule has 1 aromatic carbocycles. The normalized spacial score (nSPS) is 22.7. The monoisotopic (exact) mass is 645 g/mol. The zero-order valence-corrected chi connectivity index (χ0v) is 29.1. The molecule has 1 aromatic rings. The second-order valence-electron chi connectivity index (χ2n) is 13.6. The first-order valence-electron chi connectivity index (χ1n) is 17.3. The number of fused-ring (bicyclic) bond motifs is 1. The Morgan fingerprint density at radius 2 is 1.78 bits per heavy atom. The molecule has 3 rings (SSSR count). The number of carbonyl (C=O) groups excluding carboxylic acids is 3. The van der Waals surface area contributed by atoms with Crippen molar-refractivity contribution in [1.82, 2.24) is 20.0 Å². The lowest BCUT2D eigenvalue weighted by Crippen LogP contribution is -2.50. The van der Waals surface area contributed by atoms with Gasteiger partial charge in [0.15, 0.2) is 0 Å². The van der Waals surface area contributed by atoms with E-state index in [1.54, 1.807) is 35.0 Å². The van der Waals surface area contributed by atoms with Crippen LogP contribution in [0.3, 0.4) is 0 Å². The number of anilines is 1. The van der Waals surface area contributed by atoms with E-state index in [2.05, 4.69) is 10.6 Å². The molecule has 0 saturated heterocycles. The smallest absolute Gasteiger partial charge is 0.317 e. The van der Waals surface area contributed by atoms with Gasteiger partial charge in [-0.25, -0.2) is 4.79 Å². The number of rotatable bonds is 10. The van der Waals surface area contributed by atoms with E-state index in [4.69, 9.17) is 9.47 Å². The number of ether oxygens (including phenoxy) is 2. The number of hydrogen-bond donors (Lipinski definition) is 3. The van der Waals surface area contributed by atoms with E-state index in [0.29, 0.717) is 43.1 Å². The maximum atomic E-state index is 14.3. The van der Waals surface area contributed by atoms with Crippen LogP contribution in [0.1, 0.15) is 95.3 Å². The van der Waals surface area contributed by atoms with Gasteiger partial charge in [-0.3, -0.25) is 9.59 Å². The molecule has 1 aliphatic carbocycles. The first-order chi connectivity index (χ1) is 22.0. The van der Waals surface area contributed by atoms with Gasteiger partial charge in [0.2, 0.25) is 5.91 Å². The lowest BCUT2D eigenvalue weighted by atomic mass is 9.96. The van der Waals surface area contributed by atoms with Crippen molar-refractivity contribution in [3.8, 4) is 5.75 Å². The highest BCUT2D eigenvalue weighted by Gasteiger charge is 2.31. The maximum absolute atomic E-state index is 14.3. The van der Waals surface area contributed by atoms with Crippen LogP contribution in [-0.2, 0) is 9.53 Å². The second kappa shape index (κ2) is 19.1. The molecule has 46 heavy (non-hydrogen) atoms. The Balaban J connectivity index is 1.84. The number of hydrogen-bond acceptors (Lipinski definition) is 7. The first kappa shape index (κ1) is 37.6. The summed E-state index contributed by atoms with van der Waals surface area (Å²) >= 11 is 0. The van der Waals surface area contributed by atoms with E-state index in [1.807, 2.05) is 39.8 Å². The lowest BCUT2D eigenvalue weighted by molar-refractivity contribution is -0.116. The zero-order chi connectivity index (χ0) is 33.6. The highest BCUT2D eigenvalue weighted by molar-refractivity contribution is 5.99. The fourth-order valence-electron chi connectivity index (χ4n) is 6.13. The van der Waals surface area contributed by atoms with Crippen LogP contribution in [0, 0.1) is 5.92 Å². The number of aliphatic hydroxyl groups is 1. The Kier molecular flexibility index (Phi) is 15.6. The van der Waals surface area contributed by atoms with E-state index in [0.717, 1.165) is 57.9 Å². The molecule has 1 aliphatic heterocycles. The summed E-state index contributed by atoms with van der Waals surface area (Å²) in [7, 11) is 5.74. The summed E-state index contributed by atoms with van der Waals surface area (Å²) in [6.45, 7) is 7.64. The van der Waals surface area contributed by atoms with Crippen LogP contribution in [0.25, 0.3) is 0 Å². The summed E-state index contributed by atoms with van der Waals surface area (Å²) in [6.07, 6.45) is 8.68. The molecule has 1 fully saturated rings. The molecule has 0 bridgehead atoms. The Labute approximate surface area is 276 Å². The standard InChI is InChI=1S/C35H59N5O6/c1-25-22-40(26(2)24-41)34(43)30-21-29(36-33(42)16-12-19-38(4)5)17-18-31(30)46-27(3)13-10-11-20-45-32(25)23-39(6)35(44)37-28-14-8-7-9-15-28/h17-18,21,25-28,32,41H,7-16,19-20,22-24H2,1-6H3,(H,36,42)(H,37,44)/t25-,26+,27-,32-/m0/s1. The van der Waals surface area contributed by atoms with Crippen molar-refractivity contribution in [3.63, 3.8) is 0 Å². The fourth-order valence-corrected chi connectivity index (χ4v) is 6.13. The Bertz CT molecular complexity index is 1110. The summed E-state index contributed by atoms with van der Waals surface area (Å²) in [5, 5.41) is 16.3. The van der Waals surface area contributed by atoms with Crippen LogP contribution in [0.15, 0.2) is 18.2 Å². The second-order valence-corrected chi connectivity index (χ2v) is 13.6. The van der Waals surface area contributed by atoms with Crippen LogP contribution in [0.2, 0.25) is 0 Å². The number of aliphatic hydroxyl groups excluding tert-OH is 1.